The van der Waals surface area contributed by atoms with Gasteiger partial charge in [0.25, 0.3) is 0 Å². The zero-order chi connectivity index (χ0) is 12.0. The van der Waals surface area contributed by atoms with Crippen molar-refractivity contribution in [2.24, 2.45) is 0 Å². The van der Waals surface area contributed by atoms with Gasteiger partial charge in [-0.05, 0) is 12.5 Å². The van der Waals surface area contributed by atoms with Gasteiger partial charge in [-0.25, -0.2) is 4.79 Å². The largest absolute Gasteiger partial charge is 0.479 e. The first-order valence-electron chi connectivity index (χ1n) is 5.10. The number of hydrogen-bond donors (Lipinski definition) is 1. The molecule has 0 aliphatic heterocycles. The monoisotopic (exact) mass is 220 g/mol. The Morgan fingerprint density at radius 2 is 2.12 bits per heavy atom. The van der Waals surface area contributed by atoms with Crippen LogP contribution in [-0.2, 0) is 16.0 Å². The van der Waals surface area contributed by atoms with E-state index in [4.69, 9.17) is 9.84 Å². The second kappa shape index (κ2) is 5.47. The van der Waals surface area contributed by atoms with E-state index < -0.39 is 11.6 Å². The molecule has 3 heteroatoms. The van der Waals surface area contributed by atoms with Gasteiger partial charge in [-0.1, -0.05) is 36.4 Å². The normalized spacial score (nSPS) is 14.1. The first kappa shape index (κ1) is 12.5. The highest BCUT2D eigenvalue weighted by atomic mass is 16.5. The third-order valence-corrected chi connectivity index (χ3v) is 2.36. The van der Waals surface area contributed by atoms with Crippen LogP contribution in [0.2, 0.25) is 0 Å². The van der Waals surface area contributed by atoms with Crippen LogP contribution >= 0.6 is 0 Å². The zero-order valence-electron chi connectivity index (χ0n) is 9.35. The van der Waals surface area contributed by atoms with E-state index in [1.165, 1.54) is 0 Å². The topological polar surface area (TPSA) is 46.5 Å². The lowest BCUT2D eigenvalue weighted by Crippen LogP contribution is -2.40. The lowest BCUT2D eigenvalue weighted by molar-refractivity contribution is -0.162. The van der Waals surface area contributed by atoms with Crippen molar-refractivity contribution in [3.63, 3.8) is 0 Å². The Bertz CT molecular complexity index is 359. The molecule has 3 nitrogen and oxygen atoms in total. The molecule has 0 saturated heterocycles. The number of ether oxygens (including phenoxy) is 1. The molecule has 0 heterocycles. The van der Waals surface area contributed by atoms with Crippen LogP contribution in [0.15, 0.2) is 43.0 Å². The molecule has 1 N–H and O–H groups in total. The summed E-state index contributed by atoms with van der Waals surface area (Å²) in [6.07, 6.45) is 1.89. The standard InChI is InChI=1S/C13H16O3/c1-3-9-16-13(2,12(14)15)10-11-7-5-4-6-8-11/h3-8H,1,9-10H2,2H3,(H,14,15). The Hall–Kier alpha value is -1.61. The average molecular weight is 220 g/mol. The van der Waals surface area contributed by atoms with E-state index in [1.54, 1.807) is 13.0 Å². The number of carboxylic acid groups (broad SMARTS) is 1. The van der Waals surface area contributed by atoms with Crippen LogP contribution in [0.1, 0.15) is 12.5 Å². The Morgan fingerprint density at radius 1 is 1.50 bits per heavy atom. The van der Waals surface area contributed by atoms with Gasteiger partial charge in [-0.2, -0.15) is 0 Å². The number of aliphatic carboxylic acids is 1. The summed E-state index contributed by atoms with van der Waals surface area (Å²) < 4.78 is 5.33. The molecule has 16 heavy (non-hydrogen) atoms. The molecule has 0 aliphatic carbocycles. The summed E-state index contributed by atoms with van der Waals surface area (Å²) in [6, 6.07) is 9.43. The summed E-state index contributed by atoms with van der Waals surface area (Å²) in [4.78, 5) is 11.2. The van der Waals surface area contributed by atoms with E-state index in [2.05, 4.69) is 6.58 Å². The van der Waals surface area contributed by atoms with Crippen molar-refractivity contribution >= 4 is 5.97 Å². The van der Waals surface area contributed by atoms with Crippen LogP contribution in [0.5, 0.6) is 0 Å². The molecule has 1 aromatic carbocycles. The van der Waals surface area contributed by atoms with Gasteiger partial charge in [0.2, 0.25) is 0 Å². The molecule has 0 spiro atoms. The summed E-state index contributed by atoms with van der Waals surface area (Å²) in [5.74, 6) is -0.960. The van der Waals surface area contributed by atoms with Crippen molar-refractivity contribution in [3.8, 4) is 0 Å². The van der Waals surface area contributed by atoms with Crippen molar-refractivity contribution in [3.05, 3.63) is 48.6 Å². The maximum atomic E-state index is 11.2. The molecule has 0 saturated carbocycles. The number of carboxylic acids is 1. The Labute approximate surface area is 95.4 Å². The van der Waals surface area contributed by atoms with Gasteiger partial charge in [0.1, 0.15) is 0 Å². The Kier molecular flexibility index (Phi) is 4.26. The highest BCUT2D eigenvalue weighted by Crippen LogP contribution is 2.18. The molecule has 0 aliphatic rings. The Morgan fingerprint density at radius 3 is 2.62 bits per heavy atom. The van der Waals surface area contributed by atoms with Crippen LogP contribution in [0.3, 0.4) is 0 Å². The fourth-order valence-corrected chi connectivity index (χ4v) is 1.42. The predicted molar refractivity (Wildman–Crippen MR) is 62.3 cm³/mol. The molecular formula is C13H16O3. The third kappa shape index (κ3) is 3.21. The molecule has 1 unspecified atom stereocenters. The highest BCUT2D eigenvalue weighted by Gasteiger charge is 2.33. The summed E-state index contributed by atoms with van der Waals surface area (Å²) in [6.45, 7) is 5.32. The van der Waals surface area contributed by atoms with E-state index >= 15 is 0 Å². The quantitative estimate of drug-likeness (QED) is 0.748. The minimum Gasteiger partial charge on any atom is -0.479 e. The van der Waals surface area contributed by atoms with Gasteiger partial charge in [-0.3, -0.25) is 0 Å². The van der Waals surface area contributed by atoms with Crippen LogP contribution in [0.4, 0.5) is 0 Å². The number of hydrogen-bond acceptors (Lipinski definition) is 2. The van der Waals surface area contributed by atoms with E-state index in [0.29, 0.717) is 6.42 Å². The molecule has 0 amide bonds. The van der Waals surface area contributed by atoms with Crippen LogP contribution in [0.25, 0.3) is 0 Å². The summed E-state index contributed by atoms with van der Waals surface area (Å²) >= 11 is 0. The van der Waals surface area contributed by atoms with Gasteiger partial charge in [-0.15, -0.1) is 6.58 Å². The van der Waals surface area contributed by atoms with Crippen molar-refractivity contribution in [1.82, 2.24) is 0 Å². The van der Waals surface area contributed by atoms with Crippen molar-refractivity contribution < 1.29 is 14.6 Å². The van der Waals surface area contributed by atoms with Gasteiger partial charge in [0.05, 0.1) is 6.61 Å². The molecule has 0 fully saturated rings. The minimum absolute atomic E-state index is 0.232. The molecular weight excluding hydrogens is 204 g/mol. The number of rotatable bonds is 6. The molecule has 1 aromatic rings. The van der Waals surface area contributed by atoms with Crippen LogP contribution in [-0.4, -0.2) is 23.3 Å². The number of carbonyl (C=O) groups is 1. The smallest absolute Gasteiger partial charge is 0.336 e. The third-order valence-electron chi connectivity index (χ3n) is 2.36. The van der Waals surface area contributed by atoms with Gasteiger partial charge in [0.15, 0.2) is 5.60 Å². The molecule has 1 atom stereocenters. The van der Waals surface area contributed by atoms with Gasteiger partial charge < -0.3 is 9.84 Å². The maximum absolute atomic E-state index is 11.2. The predicted octanol–water partition coefficient (Wildman–Crippen LogP) is 2.27. The van der Waals surface area contributed by atoms with Gasteiger partial charge in [0, 0.05) is 6.42 Å². The van der Waals surface area contributed by atoms with Crippen molar-refractivity contribution in [2.75, 3.05) is 6.61 Å². The average Bonchev–Trinajstić information content (AvgIpc) is 2.27. The summed E-state index contributed by atoms with van der Waals surface area (Å²) in [5, 5.41) is 9.16. The van der Waals surface area contributed by atoms with Crippen LogP contribution < -0.4 is 0 Å². The van der Waals surface area contributed by atoms with E-state index in [9.17, 15) is 4.79 Å². The number of benzene rings is 1. The lowest BCUT2D eigenvalue weighted by Gasteiger charge is -2.24. The summed E-state index contributed by atoms with van der Waals surface area (Å²) in [7, 11) is 0. The van der Waals surface area contributed by atoms with Crippen LogP contribution in [0, 0.1) is 0 Å². The van der Waals surface area contributed by atoms with E-state index in [0.717, 1.165) is 5.56 Å². The SMILES string of the molecule is C=CCOC(C)(Cc1ccccc1)C(=O)O. The molecule has 0 aromatic heterocycles. The fraction of sp³-hybridized carbons (Fsp3) is 0.308. The van der Waals surface area contributed by atoms with Crippen molar-refractivity contribution in [1.29, 1.82) is 0 Å². The zero-order valence-corrected chi connectivity index (χ0v) is 9.35. The fourth-order valence-electron chi connectivity index (χ4n) is 1.42. The van der Waals surface area contributed by atoms with Crippen molar-refractivity contribution in [2.45, 2.75) is 18.9 Å². The van der Waals surface area contributed by atoms with E-state index in [-0.39, 0.29) is 6.61 Å². The lowest BCUT2D eigenvalue weighted by atomic mass is 9.96. The molecule has 0 radical (unpaired) electrons. The first-order chi connectivity index (χ1) is 7.58. The second-order valence-electron chi connectivity index (χ2n) is 3.80. The Balaban J connectivity index is 2.79. The molecule has 0 bridgehead atoms. The minimum atomic E-state index is -1.20. The van der Waals surface area contributed by atoms with E-state index in [1.807, 2.05) is 30.3 Å². The second-order valence-corrected chi connectivity index (χ2v) is 3.80. The molecule has 1 rings (SSSR count). The molecule has 86 valence electrons. The first-order valence-corrected chi connectivity index (χ1v) is 5.10. The highest BCUT2D eigenvalue weighted by molar-refractivity contribution is 5.77. The summed E-state index contributed by atoms with van der Waals surface area (Å²) in [5.41, 5.74) is -0.258. The van der Waals surface area contributed by atoms with Gasteiger partial charge >= 0.3 is 5.97 Å². The maximum Gasteiger partial charge on any atom is 0.336 e.